The van der Waals surface area contributed by atoms with Gasteiger partial charge >= 0.3 is 0 Å². The Balaban J connectivity index is 2.48. The van der Waals surface area contributed by atoms with Crippen LogP contribution in [0.1, 0.15) is 12.8 Å². The summed E-state index contributed by atoms with van der Waals surface area (Å²) in [7, 11) is 3.65. The van der Waals surface area contributed by atoms with Gasteiger partial charge < -0.3 is 10.1 Å². The maximum Gasteiger partial charge on any atom is 0.0842 e. The maximum absolute atomic E-state index is 5.62. The van der Waals surface area contributed by atoms with Gasteiger partial charge in [-0.05, 0) is 25.9 Å². The molecule has 1 aliphatic heterocycles. The molecule has 12 heavy (non-hydrogen) atoms. The molecule has 0 aliphatic carbocycles. The smallest absolute Gasteiger partial charge is 0.0842 e. The fraction of sp³-hybridized carbons (Fsp3) is 1.00. The molecule has 72 valence electrons. The summed E-state index contributed by atoms with van der Waals surface area (Å²) in [6.07, 6.45) is 2.09. The van der Waals surface area contributed by atoms with Gasteiger partial charge in [-0.3, -0.25) is 5.84 Å². The summed E-state index contributed by atoms with van der Waals surface area (Å²) in [5.41, 5.74) is -0.0191. The van der Waals surface area contributed by atoms with Gasteiger partial charge in [0.05, 0.1) is 5.60 Å². The Kier molecular flexibility index (Phi) is 3.46. The van der Waals surface area contributed by atoms with Crippen LogP contribution in [0.25, 0.3) is 0 Å². The van der Waals surface area contributed by atoms with Crippen molar-refractivity contribution in [1.82, 2.24) is 10.3 Å². The lowest BCUT2D eigenvalue weighted by Gasteiger charge is -2.38. The van der Waals surface area contributed by atoms with Crippen LogP contribution < -0.4 is 11.2 Å². The van der Waals surface area contributed by atoms with Gasteiger partial charge in [0, 0.05) is 20.7 Å². The van der Waals surface area contributed by atoms with Gasteiger partial charge in [0.2, 0.25) is 0 Å². The molecule has 0 bridgehead atoms. The number of rotatable bonds is 3. The lowest BCUT2D eigenvalue weighted by molar-refractivity contribution is -0.0532. The number of nitrogens with zero attached hydrogens (tertiary/aromatic N) is 1. The van der Waals surface area contributed by atoms with Crippen LogP contribution in [0.4, 0.5) is 0 Å². The van der Waals surface area contributed by atoms with Gasteiger partial charge in [0.1, 0.15) is 0 Å². The van der Waals surface area contributed by atoms with Crippen molar-refractivity contribution >= 4 is 0 Å². The molecule has 4 nitrogen and oxygen atoms in total. The predicted molar refractivity (Wildman–Crippen MR) is 48.7 cm³/mol. The van der Waals surface area contributed by atoms with E-state index in [4.69, 9.17) is 10.6 Å². The zero-order valence-electron chi connectivity index (χ0n) is 7.97. The lowest BCUT2D eigenvalue weighted by atomic mass is 9.92. The van der Waals surface area contributed by atoms with Crippen molar-refractivity contribution in [2.75, 3.05) is 33.8 Å². The topological polar surface area (TPSA) is 50.5 Å². The number of piperidine rings is 1. The maximum atomic E-state index is 5.62. The number of nitrogens with one attached hydrogen (secondary N) is 1. The average Bonchev–Trinajstić information content (AvgIpc) is 2.05. The third kappa shape index (κ3) is 2.42. The first-order valence-corrected chi connectivity index (χ1v) is 4.40. The van der Waals surface area contributed by atoms with Crippen molar-refractivity contribution in [3.63, 3.8) is 0 Å². The summed E-state index contributed by atoms with van der Waals surface area (Å²) in [5.74, 6) is 5.62. The van der Waals surface area contributed by atoms with Crippen molar-refractivity contribution in [2.24, 2.45) is 5.84 Å². The van der Waals surface area contributed by atoms with Gasteiger partial charge in [0.25, 0.3) is 0 Å². The highest BCUT2D eigenvalue weighted by Gasteiger charge is 2.32. The summed E-state index contributed by atoms with van der Waals surface area (Å²) >= 11 is 0. The molecule has 0 radical (unpaired) electrons. The third-order valence-corrected chi connectivity index (χ3v) is 2.49. The van der Waals surface area contributed by atoms with Crippen molar-refractivity contribution in [3.8, 4) is 0 Å². The second kappa shape index (κ2) is 4.18. The minimum Gasteiger partial charge on any atom is -0.377 e. The van der Waals surface area contributed by atoms with Gasteiger partial charge in [-0.15, -0.1) is 0 Å². The number of hydrogen-bond donors (Lipinski definition) is 2. The van der Waals surface area contributed by atoms with E-state index in [2.05, 4.69) is 5.32 Å². The Morgan fingerprint density at radius 1 is 1.50 bits per heavy atom. The Labute approximate surface area is 74.0 Å². The van der Waals surface area contributed by atoms with Gasteiger partial charge in [-0.2, -0.15) is 0 Å². The first kappa shape index (κ1) is 9.92. The summed E-state index contributed by atoms with van der Waals surface area (Å²) in [6.45, 7) is 2.87. The summed E-state index contributed by atoms with van der Waals surface area (Å²) < 4.78 is 5.53. The fourth-order valence-corrected chi connectivity index (χ4v) is 1.76. The standard InChI is InChI=1S/C8H19N3O/c1-11(9)7-8(12-2)3-5-10-6-4-8/h10H,3-7,9H2,1-2H3. The highest BCUT2D eigenvalue weighted by atomic mass is 16.5. The quantitative estimate of drug-likeness (QED) is 0.449. The molecule has 3 N–H and O–H groups in total. The van der Waals surface area contributed by atoms with E-state index in [0.29, 0.717) is 0 Å². The molecule has 0 saturated carbocycles. The molecule has 0 spiro atoms. The number of nitrogens with two attached hydrogens (primary N) is 1. The second-order valence-corrected chi connectivity index (χ2v) is 3.55. The zero-order valence-corrected chi connectivity index (χ0v) is 7.97. The van der Waals surface area contributed by atoms with Gasteiger partial charge in [-0.1, -0.05) is 0 Å². The molecule has 1 fully saturated rings. The molecule has 1 heterocycles. The fourth-order valence-electron chi connectivity index (χ4n) is 1.76. The lowest BCUT2D eigenvalue weighted by Crippen LogP contribution is -2.51. The highest BCUT2D eigenvalue weighted by Crippen LogP contribution is 2.22. The van der Waals surface area contributed by atoms with Crippen LogP contribution in [0.15, 0.2) is 0 Å². The number of hydrazine groups is 1. The first-order valence-electron chi connectivity index (χ1n) is 4.40. The molecular formula is C8H19N3O. The SMILES string of the molecule is COC1(CN(C)N)CCNCC1. The molecule has 1 saturated heterocycles. The van der Waals surface area contributed by atoms with E-state index in [0.717, 1.165) is 32.5 Å². The molecular weight excluding hydrogens is 154 g/mol. The number of methoxy groups -OCH3 is 1. The van der Waals surface area contributed by atoms with Crippen molar-refractivity contribution < 1.29 is 4.74 Å². The average molecular weight is 173 g/mol. The van der Waals surface area contributed by atoms with Gasteiger partial charge in [0.15, 0.2) is 0 Å². The van der Waals surface area contributed by atoms with Crippen LogP contribution in [0.3, 0.4) is 0 Å². The Bertz CT molecular complexity index is 132. The second-order valence-electron chi connectivity index (χ2n) is 3.55. The number of ether oxygens (including phenoxy) is 1. The molecule has 0 unspecified atom stereocenters. The first-order chi connectivity index (χ1) is 5.68. The van der Waals surface area contributed by atoms with Crippen LogP contribution in [-0.4, -0.2) is 44.4 Å². The van der Waals surface area contributed by atoms with Crippen LogP contribution in [-0.2, 0) is 4.74 Å². The van der Waals surface area contributed by atoms with Crippen LogP contribution >= 0.6 is 0 Å². The zero-order chi connectivity index (χ0) is 9.03. The van der Waals surface area contributed by atoms with E-state index in [-0.39, 0.29) is 5.60 Å². The van der Waals surface area contributed by atoms with Crippen LogP contribution in [0.2, 0.25) is 0 Å². The molecule has 0 aromatic rings. The largest absolute Gasteiger partial charge is 0.377 e. The van der Waals surface area contributed by atoms with Crippen LogP contribution in [0.5, 0.6) is 0 Å². The van der Waals surface area contributed by atoms with E-state index >= 15 is 0 Å². The van der Waals surface area contributed by atoms with Crippen molar-refractivity contribution in [2.45, 2.75) is 18.4 Å². The number of hydrogen-bond acceptors (Lipinski definition) is 4. The van der Waals surface area contributed by atoms with Crippen LogP contribution in [0, 0.1) is 0 Å². The molecule has 4 heteroatoms. The minimum absolute atomic E-state index is 0.0191. The van der Waals surface area contributed by atoms with Gasteiger partial charge in [-0.25, -0.2) is 5.01 Å². The monoisotopic (exact) mass is 173 g/mol. The highest BCUT2D eigenvalue weighted by molar-refractivity contribution is 4.87. The number of likely N-dealkylation sites (N-methyl/N-ethyl adjacent to an activating group) is 1. The summed E-state index contributed by atoms with van der Waals surface area (Å²) in [4.78, 5) is 0. The van der Waals surface area contributed by atoms with E-state index in [1.807, 2.05) is 7.05 Å². The summed E-state index contributed by atoms with van der Waals surface area (Å²) in [6, 6.07) is 0. The molecule has 1 aliphatic rings. The van der Waals surface area contributed by atoms with E-state index in [1.165, 1.54) is 0 Å². The molecule has 1 rings (SSSR count). The molecule has 0 amide bonds. The van der Waals surface area contributed by atoms with E-state index in [1.54, 1.807) is 12.1 Å². The molecule has 0 aromatic heterocycles. The van der Waals surface area contributed by atoms with E-state index in [9.17, 15) is 0 Å². The summed E-state index contributed by atoms with van der Waals surface area (Å²) in [5, 5.41) is 5.01. The van der Waals surface area contributed by atoms with Crippen molar-refractivity contribution in [1.29, 1.82) is 0 Å². The Morgan fingerprint density at radius 2 is 2.08 bits per heavy atom. The Hall–Kier alpha value is -0.160. The molecule has 0 atom stereocenters. The van der Waals surface area contributed by atoms with E-state index < -0.39 is 0 Å². The minimum atomic E-state index is -0.0191. The third-order valence-electron chi connectivity index (χ3n) is 2.49. The molecule has 0 aromatic carbocycles. The normalized spacial score (nSPS) is 23.0. The predicted octanol–water partition coefficient (Wildman–Crippen LogP) is -0.439. The Morgan fingerprint density at radius 3 is 2.50 bits per heavy atom. The van der Waals surface area contributed by atoms with Crippen molar-refractivity contribution in [3.05, 3.63) is 0 Å².